The zero-order valence-electron chi connectivity index (χ0n) is 14.5. The van der Waals surface area contributed by atoms with Crippen LogP contribution in [0.3, 0.4) is 0 Å². The van der Waals surface area contributed by atoms with E-state index in [1.54, 1.807) is 22.0 Å². The second kappa shape index (κ2) is 7.90. The highest BCUT2D eigenvalue weighted by Gasteiger charge is 2.12. The first-order valence-corrected chi connectivity index (χ1v) is 10.4. The van der Waals surface area contributed by atoms with Crippen LogP contribution in [0, 0.1) is 0 Å². The molecule has 0 fully saturated rings. The Kier molecular flexibility index (Phi) is 5.18. The summed E-state index contributed by atoms with van der Waals surface area (Å²) < 4.78 is 1.67. The third kappa shape index (κ3) is 3.72. The van der Waals surface area contributed by atoms with Crippen molar-refractivity contribution in [1.29, 1.82) is 0 Å². The van der Waals surface area contributed by atoms with Crippen LogP contribution in [-0.2, 0) is 12.3 Å². The van der Waals surface area contributed by atoms with Gasteiger partial charge in [0.15, 0.2) is 5.16 Å². The predicted molar refractivity (Wildman–Crippen MR) is 113 cm³/mol. The molecule has 134 valence electrons. The van der Waals surface area contributed by atoms with Crippen LogP contribution in [0.4, 0.5) is 0 Å². The number of hydrogen-bond acceptors (Lipinski definition) is 5. The minimum absolute atomic E-state index is 0.0359. The van der Waals surface area contributed by atoms with Gasteiger partial charge in [0.1, 0.15) is 5.01 Å². The minimum atomic E-state index is -0.0359. The third-order valence-electron chi connectivity index (χ3n) is 4.06. The summed E-state index contributed by atoms with van der Waals surface area (Å²) in [4.78, 5) is 22.2. The van der Waals surface area contributed by atoms with E-state index in [0.29, 0.717) is 28.4 Å². The van der Waals surface area contributed by atoms with Gasteiger partial charge in [0.25, 0.3) is 5.56 Å². The number of nitrogens with zero attached hydrogens (tertiary/aromatic N) is 3. The SMILES string of the molecule is C=CCn1c(SCc2csc(-c3ccccc3)n2)nc2ccccc2c1=O. The fraction of sp³-hybridized carbons (Fsp3) is 0.0952. The number of thiazole rings is 1. The van der Waals surface area contributed by atoms with Gasteiger partial charge in [-0.05, 0) is 12.1 Å². The Morgan fingerprint density at radius 3 is 2.67 bits per heavy atom. The smallest absolute Gasteiger partial charge is 0.262 e. The summed E-state index contributed by atoms with van der Waals surface area (Å²) in [6.07, 6.45) is 1.72. The molecule has 4 aromatic rings. The lowest BCUT2D eigenvalue weighted by molar-refractivity contribution is 0.671. The van der Waals surface area contributed by atoms with Crippen molar-refractivity contribution in [2.45, 2.75) is 17.5 Å². The van der Waals surface area contributed by atoms with E-state index in [1.807, 2.05) is 42.5 Å². The summed E-state index contributed by atoms with van der Waals surface area (Å²) in [5.74, 6) is 0.658. The minimum Gasteiger partial charge on any atom is -0.283 e. The highest BCUT2D eigenvalue weighted by Crippen LogP contribution is 2.27. The molecule has 2 aromatic carbocycles. The first-order chi connectivity index (χ1) is 13.3. The Balaban J connectivity index is 1.62. The van der Waals surface area contributed by atoms with Crippen molar-refractivity contribution in [1.82, 2.24) is 14.5 Å². The van der Waals surface area contributed by atoms with Gasteiger partial charge in [0.2, 0.25) is 0 Å². The Bertz CT molecular complexity index is 1150. The lowest BCUT2D eigenvalue weighted by Gasteiger charge is -2.10. The molecule has 0 atom stereocenters. The van der Waals surface area contributed by atoms with Gasteiger partial charge in [-0.2, -0.15) is 0 Å². The van der Waals surface area contributed by atoms with E-state index < -0.39 is 0 Å². The van der Waals surface area contributed by atoms with Crippen LogP contribution in [-0.4, -0.2) is 14.5 Å². The number of rotatable bonds is 6. The zero-order chi connectivity index (χ0) is 18.6. The van der Waals surface area contributed by atoms with Crippen molar-refractivity contribution in [3.63, 3.8) is 0 Å². The number of allylic oxidation sites excluding steroid dienone is 1. The second-order valence-corrected chi connectivity index (χ2v) is 7.72. The van der Waals surface area contributed by atoms with Crippen molar-refractivity contribution >= 4 is 34.0 Å². The highest BCUT2D eigenvalue weighted by molar-refractivity contribution is 7.98. The Morgan fingerprint density at radius 1 is 1.07 bits per heavy atom. The lowest BCUT2D eigenvalue weighted by atomic mass is 10.2. The molecule has 0 aliphatic rings. The van der Waals surface area contributed by atoms with E-state index in [0.717, 1.165) is 16.3 Å². The Labute approximate surface area is 165 Å². The summed E-state index contributed by atoms with van der Waals surface area (Å²) in [6, 6.07) is 17.6. The highest BCUT2D eigenvalue weighted by atomic mass is 32.2. The van der Waals surface area contributed by atoms with Gasteiger partial charge in [0.05, 0.1) is 16.6 Å². The van der Waals surface area contributed by atoms with Crippen molar-refractivity contribution in [2.24, 2.45) is 0 Å². The number of para-hydroxylation sites is 1. The average molecular weight is 392 g/mol. The maximum atomic E-state index is 12.8. The fourth-order valence-electron chi connectivity index (χ4n) is 2.77. The Hall–Kier alpha value is -2.70. The number of thioether (sulfide) groups is 1. The van der Waals surface area contributed by atoms with Crippen LogP contribution in [0.1, 0.15) is 5.69 Å². The molecule has 0 aliphatic heterocycles. The van der Waals surface area contributed by atoms with Gasteiger partial charge in [-0.25, -0.2) is 9.97 Å². The van der Waals surface area contributed by atoms with Crippen molar-refractivity contribution < 1.29 is 0 Å². The molecule has 0 radical (unpaired) electrons. The summed E-state index contributed by atoms with van der Waals surface area (Å²) >= 11 is 3.15. The largest absolute Gasteiger partial charge is 0.283 e. The number of fused-ring (bicyclic) bond motifs is 1. The number of hydrogen-bond donors (Lipinski definition) is 0. The van der Waals surface area contributed by atoms with Gasteiger partial charge in [-0.15, -0.1) is 17.9 Å². The monoisotopic (exact) mass is 391 g/mol. The van der Waals surface area contributed by atoms with Gasteiger partial charge in [0, 0.05) is 23.2 Å². The Morgan fingerprint density at radius 2 is 1.85 bits per heavy atom. The van der Waals surface area contributed by atoms with E-state index in [-0.39, 0.29) is 5.56 Å². The molecule has 2 aromatic heterocycles. The molecule has 2 heterocycles. The molecular weight excluding hydrogens is 374 g/mol. The first kappa shape index (κ1) is 17.7. The first-order valence-electron chi connectivity index (χ1n) is 8.49. The zero-order valence-corrected chi connectivity index (χ0v) is 16.2. The van der Waals surface area contributed by atoms with Crippen LogP contribution in [0.25, 0.3) is 21.5 Å². The van der Waals surface area contributed by atoms with Crippen LogP contribution < -0.4 is 5.56 Å². The molecule has 0 bridgehead atoms. The molecule has 0 spiro atoms. The summed E-state index contributed by atoms with van der Waals surface area (Å²) in [6.45, 7) is 4.20. The third-order valence-corrected chi connectivity index (χ3v) is 6.01. The molecule has 0 unspecified atom stereocenters. The maximum absolute atomic E-state index is 12.8. The molecule has 0 saturated carbocycles. The molecular formula is C21H17N3OS2. The molecule has 0 aliphatic carbocycles. The summed E-state index contributed by atoms with van der Waals surface area (Å²) in [7, 11) is 0. The molecule has 6 heteroatoms. The van der Waals surface area contributed by atoms with E-state index >= 15 is 0 Å². The molecule has 27 heavy (non-hydrogen) atoms. The number of aromatic nitrogens is 3. The quantitative estimate of drug-likeness (QED) is 0.264. The fourth-order valence-corrected chi connectivity index (χ4v) is 4.61. The molecule has 0 N–H and O–H groups in total. The standard InChI is InChI=1S/C21H17N3OS2/c1-2-12-24-20(25)17-10-6-7-11-18(17)23-21(24)27-14-16-13-26-19(22-16)15-8-4-3-5-9-15/h2-11,13H,1,12,14H2. The second-order valence-electron chi connectivity index (χ2n) is 5.91. The lowest BCUT2D eigenvalue weighted by Crippen LogP contribution is -2.22. The van der Waals surface area contributed by atoms with E-state index in [9.17, 15) is 4.79 Å². The van der Waals surface area contributed by atoms with Crippen LogP contribution >= 0.6 is 23.1 Å². The number of benzene rings is 2. The normalized spacial score (nSPS) is 11.0. The van der Waals surface area contributed by atoms with Crippen LogP contribution in [0.2, 0.25) is 0 Å². The van der Waals surface area contributed by atoms with Crippen LogP contribution in [0.15, 0.2) is 82.6 Å². The average Bonchev–Trinajstić information content (AvgIpc) is 3.19. The molecule has 4 rings (SSSR count). The topological polar surface area (TPSA) is 47.8 Å². The van der Waals surface area contributed by atoms with E-state index in [1.165, 1.54) is 11.8 Å². The van der Waals surface area contributed by atoms with Crippen LogP contribution in [0.5, 0.6) is 0 Å². The van der Waals surface area contributed by atoms with E-state index in [2.05, 4.69) is 29.1 Å². The van der Waals surface area contributed by atoms with Gasteiger partial charge < -0.3 is 0 Å². The van der Waals surface area contributed by atoms with Crippen molar-refractivity contribution in [3.05, 3.63) is 88.7 Å². The predicted octanol–water partition coefficient (Wildman–Crippen LogP) is 5.00. The van der Waals surface area contributed by atoms with Crippen molar-refractivity contribution in [3.8, 4) is 10.6 Å². The summed E-state index contributed by atoms with van der Waals surface area (Å²) in [5, 5.41) is 4.38. The van der Waals surface area contributed by atoms with E-state index in [4.69, 9.17) is 4.98 Å². The summed E-state index contributed by atoms with van der Waals surface area (Å²) in [5.41, 5.74) is 2.78. The molecule has 0 saturated heterocycles. The van der Waals surface area contributed by atoms with Gasteiger partial charge >= 0.3 is 0 Å². The molecule has 4 nitrogen and oxygen atoms in total. The van der Waals surface area contributed by atoms with Crippen molar-refractivity contribution in [2.75, 3.05) is 0 Å². The maximum Gasteiger partial charge on any atom is 0.262 e. The molecule has 0 amide bonds. The van der Waals surface area contributed by atoms with Gasteiger partial charge in [-0.1, -0.05) is 60.3 Å². The van der Waals surface area contributed by atoms with Gasteiger partial charge in [-0.3, -0.25) is 9.36 Å².